The Kier molecular flexibility index (Phi) is 6.53. The van der Waals surface area contributed by atoms with Crippen LogP contribution in [0, 0.1) is 6.92 Å². The van der Waals surface area contributed by atoms with Gasteiger partial charge in [0, 0.05) is 6.04 Å². The summed E-state index contributed by atoms with van der Waals surface area (Å²) in [4.78, 5) is 9.66. The van der Waals surface area contributed by atoms with Crippen LogP contribution < -0.4 is 5.73 Å². The van der Waals surface area contributed by atoms with E-state index in [-0.39, 0.29) is 17.4 Å². The quantitative estimate of drug-likeness (QED) is 0.710. The van der Waals surface area contributed by atoms with E-state index in [0.29, 0.717) is 0 Å². The molecule has 0 bridgehead atoms. The van der Waals surface area contributed by atoms with Crippen molar-refractivity contribution >= 4 is 16.1 Å². The molecule has 0 heterocycles. The van der Waals surface area contributed by atoms with Gasteiger partial charge in [-0.25, -0.2) is 0 Å². The normalized spacial score (nSPS) is 12.2. The maximum absolute atomic E-state index is 10.5. The Labute approximate surface area is 106 Å². The number of aliphatic carboxylic acids is 1. The highest BCUT2D eigenvalue weighted by molar-refractivity contribution is 7.85. The number of carbonyl (C=O) groups is 1. The molecule has 4 N–H and O–H groups in total. The molecule has 7 heteroatoms. The SMILES string of the molecule is CC(N)CC(=O)O.Cc1ccc(S(=O)(=O)O)cc1. The van der Waals surface area contributed by atoms with E-state index < -0.39 is 16.1 Å². The summed E-state index contributed by atoms with van der Waals surface area (Å²) in [7, 11) is -4.02. The van der Waals surface area contributed by atoms with Gasteiger partial charge in [-0.2, -0.15) is 8.42 Å². The van der Waals surface area contributed by atoms with E-state index in [2.05, 4.69) is 0 Å². The van der Waals surface area contributed by atoms with Crippen LogP contribution in [-0.2, 0) is 14.9 Å². The number of hydrogen-bond acceptors (Lipinski definition) is 4. The smallest absolute Gasteiger partial charge is 0.304 e. The summed E-state index contributed by atoms with van der Waals surface area (Å²) in [5.74, 6) is -0.838. The van der Waals surface area contributed by atoms with Crippen molar-refractivity contribution in [2.45, 2.75) is 31.2 Å². The average molecular weight is 275 g/mol. The molecular weight excluding hydrogens is 258 g/mol. The van der Waals surface area contributed by atoms with E-state index in [4.69, 9.17) is 15.4 Å². The van der Waals surface area contributed by atoms with Gasteiger partial charge in [-0.1, -0.05) is 17.7 Å². The minimum Gasteiger partial charge on any atom is -0.481 e. The van der Waals surface area contributed by atoms with E-state index in [9.17, 15) is 13.2 Å². The lowest BCUT2D eigenvalue weighted by molar-refractivity contribution is -0.137. The van der Waals surface area contributed by atoms with Gasteiger partial charge in [-0.05, 0) is 26.0 Å². The van der Waals surface area contributed by atoms with Crippen LogP contribution in [0.3, 0.4) is 0 Å². The van der Waals surface area contributed by atoms with Crippen molar-refractivity contribution in [3.05, 3.63) is 29.8 Å². The maximum atomic E-state index is 10.5. The maximum Gasteiger partial charge on any atom is 0.304 e. The van der Waals surface area contributed by atoms with Crippen LogP contribution >= 0.6 is 0 Å². The summed E-state index contributed by atoms with van der Waals surface area (Å²) in [6, 6.07) is 5.76. The molecular formula is C11H17NO5S. The number of carboxylic acid groups (broad SMARTS) is 1. The monoisotopic (exact) mass is 275 g/mol. The third-order valence-electron chi connectivity index (χ3n) is 1.82. The van der Waals surface area contributed by atoms with E-state index in [1.54, 1.807) is 19.1 Å². The van der Waals surface area contributed by atoms with Gasteiger partial charge in [0.25, 0.3) is 10.1 Å². The van der Waals surface area contributed by atoms with E-state index in [0.717, 1.165) is 5.56 Å². The van der Waals surface area contributed by atoms with Crippen LogP contribution in [0.1, 0.15) is 18.9 Å². The average Bonchev–Trinajstić information content (AvgIpc) is 2.15. The van der Waals surface area contributed by atoms with Crippen LogP contribution in [0.25, 0.3) is 0 Å². The summed E-state index contributed by atoms with van der Waals surface area (Å²) in [6.07, 6.45) is 0.0556. The van der Waals surface area contributed by atoms with Gasteiger partial charge in [-0.3, -0.25) is 9.35 Å². The number of aryl methyl sites for hydroxylation is 1. The zero-order valence-electron chi connectivity index (χ0n) is 10.2. The van der Waals surface area contributed by atoms with Gasteiger partial charge in [0.05, 0.1) is 11.3 Å². The van der Waals surface area contributed by atoms with Crippen molar-refractivity contribution in [3.8, 4) is 0 Å². The van der Waals surface area contributed by atoms with Crippen molar-refractivity contribution in [2.24, 2.45) is 5.73 Å². The summed E-state index contributed by atoms with van der Waals surface area (Å²) in [5.41, 5.74) is 6.07. The first kappa shape index (κ1) is 16.6. The molecule has 0 amide bonds. The third-order valence-corrected chi connectivity index (χ3v) is 2.68. The first-order valence-electron chi connectivity index (χ1n) is 5.14. The second kappa shape index (κ2) is 7.10. The second-order valence-electron chi connectivity index (χ2n) is 3.86. The summed E-state index contributed by atoms with van der Waals surface area (Å²) >= 11 is 0. The molecule has 0 aliphatic carbocycles. The summed E-state index contributed by atoms with van der Waals surface area (Å²) in [5, 5.41) is 8.00. The lowest BCUT2D eigenvalue weighted by atomic mass is 10.2. The second-order valence-corrected chi connectivity index (χ2v) is 5.28. The highest BCUT2D eigenvalue weighted by Gasteiger charge is 2.06. The largest absolute Gasteiger partial charge is 0.481 e. The number of hydrogen-bond donors (Lipinski definition) is 3. The van der Waals surface area contributed by atoms with Gasteiger partial charge in [0.15, 0.2) is 0 Å². The summed E-state index contributed by atoms with van der Waals surface area (Å²) < 4.78 is 29.6. The van der Waals surface area contributed by atoms with E-state index in [1.165, 1.54) is 12.1 Å². The molecule has 0 saturated carbocycles. The van der Waals surface area contributed by atoms with Crippen LogP contribution in [-0.4, -0.2) is 30.1 Å². The van der Waals surface area contributed by atoms with Gasteiger partial charge >= 0.3 is 5.97 Å². The molecule has 0 aliphatic heterocycles. The summed E-state index contributed by atoms with van der Waals surface area (Å²) in [6.45, 7) is 3.50. The lowest BCUT2D eigenvalue weighted by Gasteiger charge is -1.95. The Balaban J connectivity index is 0.000000360. The van der Waals surface area contributed by atoms with Crippen LogP contribution in [0.15, 0.2) is 29.2 Å². The van der Waals surface area contributed by atoms with Crippen molar-refractivity contribution < 1.29 is 22.9 Å². The van der Waals surface area contributed by atoms with Gasteiger partial charge in [-0.15, -0.1) is 0 Å². The first-order chi connectivity index (χ1) is 8.12. The minimum absolute atomic E-state index is 0.0556. The van der Waals surface area contributed by atoms with Crippen molar-refractivity contribution in [1.82, 2.24) is 0 Å². The Morgan fingerprint density at radius 1 is 1.33 bits per heavy atom. The van der Waals surface area contributed by atoms with Crippen molar-refractivity contribution in [2.75, 3.05) is 0 Å². The highest BCUT2D eigenvalue weighted by Crippen LogP contribution is 2.08. The Morgan fingerprint density at radius 2 is 1.78 bits per heavy atom. The molecule has 0 fully saturated rings. The number of carboxylic acids is 1. The van der Waals surface area contributed by atoms with Crippen LogP contribution in [0.4, 0.5) is 0 Å². The predicted octanol–water partition coefficient (Wildman–Crippen LogP) is 1.05. The Morgan fingerprint density at radius 3 is 2.00 bits per heavy atom. The highest BCUT2D eigenvalue weighted by atomic mass is 32.2. The standard InChI is InChI=1S/C7H8O3S.C4H9NO2/c1-6-2-4-7(5-3-6)11(8,9)10;1-3(5)2-4(6)7/h2-5H,1H3,(H,8,9,10);3H,2,5H2,1H3,(H,6,7). The van der Waals surface area contributed by atoms with Crippen molar-refractivity contribution in [1.29, 1.82) is 0 Å². The Bertz CT molecular complexity index is 479. The fraction of sp³-hybridized carbons (Fsp3) is 0.364. The lowest BCUT2D eigenvalue weighted by Crippen LogP contribution is -2.18. The molecule has 0 radical (unpaired) electrons. The molecule has 1 unspecified atom stereocenters. The molecule has 0 spiro atoms. The zero-order valence-corrected chi connectivity index (χ0v) is 11.0. The number of nitrogens with two attached hydrogens (primary N) is 1. The van der Waals surface area contributed by atoms with Crippen LogP contribution in [0.2, 0.25) is 0 Å². The van der Waals surface area contributed by atoms with Gasteiger partial charge in [0.1, 0.15) is 0 Å². The zero-order chi connectivity index (χ0) is 14.3. The van der Waals surface area contributed by atoms with E-state index >= 15 is 0 Å². The molecule has 18 heavy (non-hydrogen) atoms. The number of benzene rings is 1. The van der Waals surface area contributed by atoms with Crippen molar-refractivity contribution in [3.63, 3.8) is 0 Å². The first-order valence-corrected chi connectivity index (χ1v) is 6.58. The minimum atomic E-state index is -4.02. The van der Waals surface area contributed by atoms with Gasteiger partial charge in [0.2, 0.25) is 0 Å². The molecule has 1 atom stereocenters. The Hall–Kier alpha value is -1.44. The topological polar surface area (TPSA) is 118 Å². The molecule has 1 aromatic carbocycles. The molecule has 0 saturated heterocycles. The molecule has 6 nitrogen and oxygen atoms in total. The fourth-order valence-corrected chi connectivity index (χ4v) is 1.47. The molecule has 0 aromatic heterocycles. The predicted molar refractivity (Wildman–Crippen MR) is 66.9 cm³/mol. The van der Waals surface area contributed by atoms with Gasteiger partial charge < -0.3 is 10.8 Å². The molecule has 0 aliphatic rings. The number of rotatable bonds is 3. The van der Waals surface area contributed by atoms with Crippen LogP contribution in [0.5, 0.6) is 0 Å². The molecule has 1 rings (SSSR count). The third kappa shape index (κ3) is 7.77. The fourth-order valence-electron chi connectivity index (χ4n) is 0.986. The molecule has 102 valence electrons. The van der Waals surface area contributed by atoms with E-state index in [1.807, 2.05) is 6.92 Å². The molecule has 1 aromatic rings.